The fourth-order valence-electron chi connectivity index (χ4n) is 0.888. The zero-order valence-electron chi connectivity index (χ0n) is 7.62. The van der Waals surface area contributed by atoms with Crippen molar-refractivity contribution in [2.75, 3.05) is 0 Å². The van der Waals surface area contributed by atoms with Crippen LogP contribution in [0.1, 0.15) is 39.0 Å². The molecule has 0 fully saturated rings. The van der Waals surface area contributed by atoms with E-state index in [1.165, 1.54) is 0 Å². The molecule has 0 aliphatic heterocycles. The molecule has 1 unspecified atom stereocenters. The number of aliphatic hydroxyl groups is 1. The van der Waals surface area contributed by atoms with Crippen LogP contribution >= 0.6 is 0 Å². The van der Waals surface area contributed by atoms with Crippen molar-refractivity contribution in [1.82, 2.24) is 0 Å². The summed E-state index contributed by atoms with van der Waals surface area (Å²) in [7, 11) is 0. The second-order valence-corrected chi connectivity index (χ2v) is 2.70. The molecule has 4 heteroatoms. The van der Waals surface area contributed by atoms with Crippen LogP contribution in [0.5, 0.6) is 0 Å². The summed E-state index contributed by atoms with van der Waals surface area (Å²) in [6.45, 7) is 2.09. The molecule has 2 N–H and O–H groups in total. The molecule has 0 heterocycles. The molecule has 0 aromatic heterocycles. The zero-order valence-corrected chi connectivity index (χ0v) is 10.6. The van der Waals surface area contributed by atoms with Crippen LogP contribution in [-0.2, 0) is 24.3 Å². The average molecular weight is 226 g/mol. The van der Waals surface area contributed by atoms with Crippen LogP contribution in [0.3, 0.4) is 0 Å². The monoisotopic (exact) mass is 224 g/mol. The van der Waals surface area contributed by atoms with Crippen molar-refractivity contribution in [1.29, 1.82) is 0 Å². The van der Waals surface area contributed by atoms with Crippen LogP contribution in [0.4, 0.5) is 0 Å². The first-order chi connectivity index (χ1) is 5.18. The first kappa shape index (κ1) is 14.6. The first-order valence-electron chi connectivity index (χ1n) is 4.09. The number of carboxylic acid groups (broad SMARTS) is 1. The van der Waals surface area contributed by atoms with Crippen LogP contribution in [0, 0.1) is 0 Å². The third-order valence-electron chi connectivity index (χ3n) is 1.62. The number of unbranched alkanes of at least 4 members (excludes halogenated alkanes) is 3. The Kier molecular flexibility index (Phi) is 11.1. The van der Waals surface area contributed by atoms with E-state index in [9.17, 15) is 4.79 Å². The Morgan fingerprint density at radius 1 is 1.33 bits per heavy atom. The van der Waals surface area contributed by atoms with Crippen LogP contribution in [-0.4, -0.2) is 22.3 Å². The fraction of sp³-hybridized carbons (Fsp3) is 0.875. The normalized spacial score (nSPS) is 11.8. The van der Waals surface area contributed by atoms with Gasteiger partial charge in [0.05, 0.1) is 0 Å². The number of carbonyl (C=O) groups is 1. The van der Waals surface area contributed by atoms with Crippen molar-refractivity contribution in [2.24, 2.45) is 0 Å². The van der Waals surface area contributed by atoms with E-state index in [2.05, 4.69) is 6.92 Å². The molecule has 0 aromatic carbocycles. The maximum Gasteiger partial charge on any atom is 0.332 e. The number of rotatable bonds is 6. The minimum atomic E-state index is -1.16. The predicted molar refractivity (Wildman–Crippen MR) is 42.4 cm³/mol. The number of carboxylic acids is 1. The van der Waals surface area contributed by atoms with Crippen molar-refractivity contribution in [3.63, 3.8) is 0 Å². The summed E-state index contributed by atoms with van der Waals surface area (Å²) in [6.07, 6.45) is 3.29. The summed E-state index contributed by atoms with van der Waals surface area (Å²) < 4.78 is 0. The van der Waals surface area contributed by atoms with Gasteiger partial charge in [-0.05, 0) is 6.42 Å². The topological polar surface area (TPSA) is 57.5 Å². The molecule has 0 aromatic rings. The van der Waals surface area contributed by atoms with Crippen LogP contribution < -0.4 is 0 Å². The Hall–Kier alpha value is 0.0534. The SMILES string of the molecule is CCCCCCC(O)C(=O)O.[Zn]. The molecule has 0 aliphatic carbocycles. The van der Waals surface area contributed by atoms with Crippen molar-refractivity contribution in [2.45, 2.75) is 45.1 Å². The number of aliphatic carboxylic acids is 1. The number of aliphatic hydroxyl groups excluding tert-OH is 1. The van der Waals surface area contributed by atoms with E-state index in [0.29, 0.717) is 6.42 Å². The van der Waals surface area contributed by atoms with E-state index in [0.717, 1.165) is 25.7 Å². The van der Waals surface area contributed by atoms with E-state index in [-0.39, 0.29) is 19.5 Å². The van der Waals surface area contributed by atoms with Gasteiger partial charge in [0.1, 0.15) is 0 Å². The average Bonchev–Trinajstić information content (AvgIpc) is 1.97. The quantitative estimate of drug-likeness (QED) is 0.531. The van der Waals surface area contributed by atoms with Gasteiger partial charge in [-0.1, -0.05) is 32.6 Å². The molecule has 0 amide bonds. The Morgan fingerprint density at radius 3 is 2.33 bits per heavy atom. The molecule has 1 atom stereocenters. The van der Waals surface area contributed by atoms with Gasteiger partial charge in [0.25, 0.3) is 0 Å². The molecule has 0 radical (unpaired) electrons. The Labute approximate surface area is 85.9 Å². The molecule has 68 valence electrons. The van der Waals surface area contributed by atoms with E-state index < -0.39 is 12.1 Å². The second-order valence-electron chi connectivity index (χ2n) is 2.70. The summed E-state index contributed by atoms with van der Waals surface area (Å²) in [6, 6.07) is 0. The second kappa shape index (κ2) is 9.14. The van der Waals surface area contributed by atoms with Crippen molar-refractivity contribution in [3.05, 3.63) is 0 Å². The van der Waals surface area contributed by atoms with Gasteiger partial charge in [-0.15, -0.1) is 0 Å². The van der Waals surface area contributed by atoms with Crippen molar-refractivity contribution >= 4 is 5.97 Å². The maximum absolute atomic E-state index is 10.1. The predicted octanol–water partition coefficient (Wildman–Crippen LogP) is 1.40. The van der Waals surface area contributed by atoms with E-state index in [1.54, 1.807) is 0 Å². The van der Waals surface area contributed by atoms with Crippen LogP contribution in [0.25, 0.3) is 0 Å². The van der Waals surface area contributed by atoms with E-state index in [4.69, 9.17) is 10.2 Å². The maximum atomic E-state index is 10.1. The minimum Gasteiger partial charge on any atom is -0.479 e. The molecule has 3 nitrogen and oxygen atoms in total. The van der Waals surface area contributed by atoms with Gasteiger partial charge in [0, 0.05) is 19.5 Å². The van der Waals surface area contributed by atoms with Gasteiger partial charge < -0.3 is 10.2 Å². The largest absolute Gasteiger partial charge is 0.479 e. The molecule has 12 heavy (non-hydrogen) atoms. The third-order valence-corrected chi connectivity index (χ3v) is 1.62. The van der Waals surface area contributed by atoms with Gasteiger partial charge in [-0.3, -0.25) is 0 Å². The fourth-order valence-corrected chi connectivity index (χ4v) is 0.888. The summed E-state index contributed by atoms with van der Waals surface area (Å²) in [4.78, 5) is 10.1. The molecule has 0 spiro atoms. The number of hydrogen-bond acceptors (Lipinski definition) is 2. The van der Waals surface area contributed by atoms with Gasteiger partial charge in [0.2, 0.25) is 0 Å². The summed E-state index contributed by atoms with van der Waals surface area (Å²) in [5.74, 6) is -1.11. The molecule has 0 rings (SSSR count). The Balaban J connectivity index is 0. The Bertz CT molecular complexity index is 117. The van der Waals surface area contributed by atoms with E-state index >= 15 is 0 Å². The van der Waals surface area contributed by atoms with Gasteiger partial charge >= 0.3 is 5.97 Å². The van der Waals surface area contributed by atoms with E-state index in [1.807, 2.05) is 0 Å². The van der Waals surface area contributed by atoms with Gasteiger partial charge in [-0.2, -0.15) is 0 Å². The van der Waals surface area contributed by atoms with Crippen molar-refractivity contribution in [3.8, 4) is 0 Å². The molecule has 0 aliphatic rings. The van der Waals surface area contributed by atoms with Crippen LogP contribution in [0.15, 0.2) is 0 Å². The summed E-state index contributed by atoms with van der Waals surface area (Å²) in [5, 5.41) is 17.1. The minimum absolute atomic E-state index is 0. The standard InChI is InChI=1S/C8H16O3.Zn/c1-2-3-4-5-6-7(9)8(10)11;/h7,9H,2-6H2,1H3,(H,10,11);. The third kappa shape index (κ3) is 8.15. The molecule has 0 saturated carbocycles. The zero-order chi connectivity index (χ0) is 8.69. The molecular weight excluding hydrogens is 209 g/mol. The van der Waals surface area contributed by atoms with Crippen molar-refractivity contribution < 1.29 is 34.5 Å². The summed E-state index contributed by atoms with van der Waals surface area (Å²) >= 11 is 0. The smallest absolute Gasteiger partial charge is 0.332 e. The summed E-state index contributed by atoms with van der Waals surface area (Å²) in [5.41, 5.74) is 0. The molecule has 0 bridgehead atoms. The molecule has 0 saturated heterocycles. The Morgan fingerprint density at radius 2 is 1.92 bits per heavy atom. The van der Waals surface area contributed by atoms with Gasteiger partial charge in [-0.25, -0.2) is 4.79 Å². The van der Waals surface area contributed by atoms with Gasteiger partial charge in [0.15, 0.2) is 6.10 Å². The number of hydrogen-bond donors (Lipinski definition) is 2. The molecular formula is C8H16O3Zn. The van der Waals surface area contributed by atoms with Crippen LogP contribution in [0.2, 0.25) is 0 Å². The first-order valence-corrected chi connectivity index (χ1v) is 4.09.